The molecule has 1 amide bonds. The maximum Gasteiger partial charge on any atom is 0.254 e. The number of aliphatic hydroxyl groups is 2. The second kappa shape index (κ2) is 6.10. The third-order valence-electron chi connectivity index (χ3n) is 1.95. The number of aliphatic hydroxyl groups excluding tert-OH is 2. The Morgan fingerprint density at radius 3 is 2.20 bits per heavy atom. The fourth-order valence-corrected chi connectivity index (χ4v) is 1.23. The van der Waals surface area contributed by atoms with Crippen molar-refractivity contribution < 1.29 is 15.0 Å². The molecule has 0 atom stereocenters. The van der Waals surface area contributed by atoms with Crippen molar-refractivity contribution >= 4 is 5.91 Å². The van der Waals surface area contributed by atoms with E-state index in [2.05, 4.69) is 4.98 Å². The number of carbonyl (C=O) groups is 1. The maximum atomic E-state index is 11.8. The van der Waals surface area contributed by atoms with Gasteiger partial charge in [0.05, 0.1) is 13.2 Å². The van der Waals surface area contributed by atoms with Crippen molar-refractivity contribution in [3.05, 3.63) is 30.1 Å². The minimum Gasteiger partial charge on any atom is -0.395 e. The highest BCUT2D eigenvalue weighted by molar-refractivity contribution is 5.94. The molecule has 1 rings (SSSR count). The summed E-state index contributed by atoms with van der Waals surface area (Å²) < 4.78 is 0. The highest BCUT2D eigenvalue weighted by Crippen LogP contribution is 2.02. The van der Waals surface area contributed by atoms with Gasteiger partial charge in [0.15, 0.2) is 0 Å². The molecule has 0 spiro atoms. The van der Waals surface area contributed by atoms with Gasteiger partial charge in [0, 0.05) is 31.0 Å². The molecule has 15 heavy (non-hydrogen) atoms. The van der Waals surface area contributed by atoms with Crippen LogP contribution in [0.4, 0.5) is 0 Å². The Bertz CT molecular complexity index is 297. The van der Waals surface area contributed by atoms with E-state index in [9.17, 15) is 4.79 Å². The van der Waals surface area contributed by atoms with Crippen molar-refractivity contribution in [2.24, 2.45) is 0 Å². The van der Waals surface area contributed by atoms with Crippen LogP contribution in [0.1, 0.15) is 10.4 Å². The summed E-state index contributed by atoms with van der Waals surface area (Å²) in [6.07, 6.45) is 3.06. The molecule has 0 unspecified atom stereocenters. The van der Waals surface area contributed by atoms with Gasteiger partial charge in [0.1, 0.15) is 0 Å². The molecule has 82 valence electrons. The maximum absolute atomic E-state index is 11.8. The number of hydrogen-bond acceptors (Lipinski definition) is 4. The Balaban J connectivity index is 2.71. The topological polar surface area (TPSA) is 73.7 Å². The lowest BCUT2D eigenvalue weighted by Gasteiger charge is -2.20. The standard InChI is InChI=1S/C10H14N2O3/c13-7-5-12(6-8-14)10(15)9-1-3-11-4-2-9/h1-4,13-14H,5-8H2. The van der Waals surface area contributed by atoms with Gasteiger partial charge in [-0.05, 0) is 12.1 Å². The Morgan fingerprint density at radius 2 is 1.73 bits per heavy atom. The molecule has 0 radical (unpaired) electrons. The van der Waals surface area contributed by atoms with Gasteiger partial charge in [0.2, 0.25) is 0 Å². The van der Waals surface area contributed by atoms with Crippen LogP contribution in [0.15, 0.2) is 24.5 Å². The van der Waals surface area contributed by atoms with E-state index >= 15 is 0 Å². The van der Waals surface area contributed by atoms with E-state index in [1.54, 1.807) is 12.1 Å². The number of hydrogen-bond donors (Lipinski definition) is 2. The van der Waals surface area contributed by atoms with E-state index in [1.165, 1.54) is 17.3 Å². The van der Waals surface area contributed by atoms with E-state index in [-0.39, 0.29) is 32.2 Å². The van der Waals surface area contributed by atoms with E-state index in [0.717, 1.165) is 0 Å². The van der Waals surface area contributed by atoms with Gasteiger partial charge in [-0.15, -0.1) is 0 Å². The van der Waals surface area contributed by atoms with E-state index in [4.69, 9.17) is 10.2 Å². The van der Waals surface area contributed by atoms with E-state index < -0.39 is 0 Å². The zero-order valence-electron chi connectivity index (χ0n) is 8.33. The molecule has 2 N–H and O–H groups in total. The lowest BCUT2D eigenvalue weighted by molar-refractivity contribution is 0.0684. The zero-order chi connectivity index (χ0) is 11.1. The van der Waals surface area contributed by atoms with Crippen LogP contribution in [0, 0.1) is 0 Å². The number of carbonyl (C=O) groups excluding carboxylic acids is 1. The van der Waals surface area contributed by atoms with Gasteiger partial charge in [-0.1, -0.05) is 0 Å². The summed E-state index contributed by atoms with van der Waals surface area (Å²) in [4.78, 5) is 17.0. The smallest absolute Gasteiger partial charge is 0.254 e. The lowest BCUT2D eigenvalue weighted by atomic mass is 10.2. The first-order valence-electron chi connectivity index (χ1n) is 4.70. The Morgan fingerprint density at radius 1 is 1.20 bits per heavy atom. The first kappa shape index (κ1) is 11.6. The lowest BCUT2D eigenvalue weighted by Crippen LogP contribution is -2.35. The average Bonchev–Trinajstić information content (AvgIpc) is 2.29. The molecule has 0 bridgehead atoms. The first-order valence-corrected chi connectivity index (χ1v) is 4.70. The molecule has 0 saturated heterocycles. The van der Waals surface area contributed by atoms with Crippen LogP contribution in [-0.4, -0.2) is 52.3 Å². The van der Waals surface area contributed by atoms with Crippen LogP contribution in [0.3, 0.4) is 0 Å². The minimum absolute atomic E-state index is 0.114. The molecule has 0 saturated carbocycles. The summed E-state index contributed by atoms with van der Waals surface area (Å²) in [5, 5.41) is 17.5. The van der Waals surface area contributed by atoms with E-state index in [1.807, 2.05) is 0 Å². The molecule has 5 heteroatoms. The molecular weight excluding hydrogens is 196 g/mol. The summed E-state index contributed by atoms with van der Waals surface area (Å²) >= 11 is 0. The molecule has 0 aromatic carbocycles. The predicted molar refractivity (Wildman–Crippen MR) is 54.3 cm³/mol. The number of pyridine rings is 1. The van der Waals surface area contributed by atoms with E-state index in [0.29, 0.717) is 5.56 Å². The van der Waals surface area contributed by atoms with Crippen LogP contribution >= 0.6 is 0 Å². The van der Waals surface area contributed by atoms with Crippen LogP contribution in [0.2, 0.25) is 0 Å². The number of aromatic nitrogens is 1. The van der Waals surface area contributed by atoms with Gasteiger partial charge >= 0.3 is 0 Å². The molecule has 0 aliphatic carbocycles. The highest BCUT2D eigenvalue weighted by Gasteiger charge is 2.13. The second-order valence-electron chi connectivity index (χ2n) is 2.98. The summed E-state index contributed by atoms with van der Waals surface area (Å²) in [6.45, 7) is 0.219. The molecule has 0 fully saturated rings. The second-order valence-corrected chi connectivity index (χ2v) is 2.98. The highest BCUT2D eigenvalue weighted by atomic mass is 16.3. The molecule has 1 aromatic rings. The summed E-state index contributed by atoms with van der Waals surface area (Å²) in [5.74, 6) is -0.208. The van der Waals surface area contributed by atoms with Crippen molar-refractivity contribution in [3.8, 4) is 0 Å². The summed E-state index contributed by atoms with van der Waals surface area (Å²) in [6, 6.07) is 3.20. The Hall–Kier alpha value is -1.46. The van der Waals surface area contributed by atoms with Crippen molar-refractivity contribution in [1.82, 2.24) is 9.88 Å². The largest absolute Gasteiger partial charge is 0.395 e. The van der Waals surface area contributed by atoms with Gasteiger partial charge < -0.3 is 15.1 Å². The van der Waals surface area contributed by atoms with Gasteiger partial charge in [-0.3, -0.25) is 9.78 Å². The number of amides is 1. The molecule has 1 heterocycles. The monoisotopic (exact) mass is 210 g/mol. The van der Waals surface area contributed by atoms with Crippen LogP contribution in [-0.2, 0) is 0 Å². The first-order chi connectivity index (χ1) is 7.29. The normalized spacial score (nSPS) is 10.0. The molecule has 1 aromatic heterocycles. The average molecular weight is 210 g/mol. The van der Waals surface area contributed by atoms with Crippen LogP contribution < -0.4 is 0 Å². The molecule has 0 aliphatic heterocycles. The van der Waals surface area contributed by atoms with Crippen LogP contribution in [0.5, 0.6) is 0 Å². The zero-order valence-corrected chi connectivity index (χ0v) is 8.33. The van der Waals surface area contributed by atoms with Crippen molar-refractivity contribution in [2.45, 2.75) is 0 Å². The third-order valence-corrected chi connectivity index (χ3v) is 1.95. The quantitative estimate of drug-likeness (QED) is 0.687. The number of rotatable bonds is 5. The van der Waals surface area contributed by atoms with Crippen LogP contribution in [0.25, 0.3) is 0 Å². The summed E-state index contributed by atoms with van der Waals surface area (Å²) in [5.41, 5.74) is 0.506. The van der Waals surface area contributed by atoms with Gasteiger partial charge in [-0.2, -0.15) is 0 Å². The van der Waals surface area contributed by atoms with Gasteiger partial charge in [-0.25, -0.2) is 0 Å². The molecule has 0 aliphatic rings. The summed E-state index contributed by atoms with van der Waals surface area (Å²) in [7, 11) is 0. The van der Waals surface area contributed by atoms with Crippen molar-refractivity contribution in [1.29, 1.82) is 0 Å². The van der Waals surface area contributed by atoms with Crippen molar-refractivity contribution in [2.75, 3.05) is 26.3 Å². The minimum atomic E-state index is -0.208. The predicted octanol–water partition coefficient (Wildman–Crippen LogP) is -0.492. The van der Waals surface area contributed by atoms with Gasteiger partial charge in [0.25, 0.3) is 5.91 Å². The Labute approximate surface area is 88.0 Å². The van der Waals surface area contributed by atoms with Crippen molar-refractivity contribution in [3.63, 3.8) is 0 Å². The fraction of sp³-hybridized carbons (Fsp3) is 0.400. The SMILES string of the molecule is O=C(c1ccncc1)N(CCO)CCO. The number of nitrogens with zero attached hydrogens (tertiary/aromatic N) is 2. The molecular formula is C10H14N2O3. The Kier molecular flexibility index (Phi) is 4.73. The third kappa shape index (κ3) is 3.30. The molecule has 5 nitrogen and oxygen atoms in total. The fourth-order valence-electron chi connectivity index (χ4n) is 1.23.